The third kappa shape index (κ3) is 5.08. The normalized spacial score (nSPS) is 14.1. The topological polar surface area (TPSA) is 79.7 Å². The number of rotatable bonds is 6. The van der Waals surface area contributed by atoms with Crippen molar-refractivity contribution < 1.29 is 13.2 Å². The maximum Gasteiger partial charge on any atom is 0.416 e. The quantitative estimate of drug-likeness (QED) is 0.415. The molecule has 0 aliphatic carbocycles. The summed E-state index contributed by atoms with van der Waals surface area (Å²) in [6.07, 6.45) is 5.31. The Balaban J connectivity index is 1.39. The highest BCUT2D eigenvalue weighted by molar-refractivity contribution is 6.33. The van der Waals surface area contributed by atoms with Crippen molar-refractivity contribution in [1.82, 2.24) is 30.2 Å². The molecule has 4 heterocycles. The highest BCUT2D eigenvalue weighted by Crippen LogP contribution is 2.36. The van der Waals surface area contributed by atoms with Gasteiger partial charge in [-0.2, -0.15) is 13.2 Å². The molecule has 5 rings (SSSR count). The maximum absolute atomic E-state index is 13.0. The van der Waals surface area contributed by atoms with Gasteiger partial charge in [0.05, 0.1) is 28.2 Å². The fraction of sp³-hybridized carbons (Fsp3) is 0.208. The van der Waals surface area contributed by atoms with E-state index in [-0.39, 0.29) is 6.04 Å². The second kappa shape index (κ2) is 9.55. The van der Waals surface area contributed by atoms with Crippen molar-refractivity contribution in [3.05, 3.63) is 83.8 Å². The lowest BCUT2D eigenvalue weighted by Crippen LogP contribution is -2.58. The van der Waals surface area contributed by atoms with Crippen LogP contribution in [0.25, 0.3) is 22.5 Å². The third-order valence-electron chi connectivity index (χ3n) is 5.67. The van der Waals surface area contributed by atoms with Crippen molar-refractivity contribution in [2.45, 2.75) is 18.8 Å². The Morgan fingerprint density at radius 2 is 1.69 bits per heavy atom. The molecule has 3 aromatic heterocycles. The molecule has 1 aliphatic rings. The van der Waals surface area contributed by atoms with Crippen molar-refractivity contribution in [3.63, 3.8) is 0 Å². The molecular formula is C24H19ClF3N7. The van der Waals surface area contributed by atoms with Crippen LogP contribution >= 0.6 is 11.6 Å². The van der Waals surface area contributed by atoms with Gasteiger partial charge in [0.1, 0.15) is 11.5 Å². The molecule has 0 bridgehead atoms. The summed E-state index contributed by atoms with van der Waals surface area (Å²) in [4.78, 5) is 23.8. The molecular weight excluding hydrogens is 479 g/mol. The minimum absolute atomic E-state index is 0.251. The van der Waals surface area contributed by atoms with Gasteiger partial charge in [0.2, 0.25) is 0 Å². The molecule has 1 aliphatic heterocycles. The fourth-order valence-corrected chi connectivity index (χ4v) is 3.99. The summed E-state index contributed by atoms with van der Waals surface area (Å²) in [6.45, 7) is 2.05. The van der Waals surface area contributed by atoms with Gasteiger partial charge in [0.25, 0.3) is 0 Å². The first-order chi connectivity index (χ1) is 16.9. The van der Waals surface area contributed by atoms with Crippen molar-refractivity contribution in [2.75, 3.05) is 18.0 Å². The number of anilines is 1. The number of hydrogen-bond acceptors (Lipinski definition) is 7. The first kappa shape index (κ1) is 23.1. The molecule has 1 N–H and O–H groups in total. The summed E-state index contributed by atoms with van der Waals surface area (Å²) < 4.78 is 39.1. The Labute approximate surface area is 204 Å². The van der Waals surface area contributed by atoms with E-state index in [1.54, 1.807) is 37.1 Å². The lowest BCUT2D eigenvalue weighted by molar-refractivity contribution is -0.137. The number of nitrogens with zero attached hydrogens (tertiary/aromatic N) is 6. The summed E-state index contributed by atoms with van der Waals surface area (Å²) in [5.41, 5.74) is 2.16. The molecule has 0 amide bonds. The van der Waals surface area contributed by atoms with E-state index in [9.17, 15) is 13.2 Å². The van der Waals surface area contributed by atoms with Gasteiger partial charge in [-0.05, 0) is 18.2 Å². The van der Waals surface area contributed by atoms with Crippen molar-refractivity contribution in [1.29, 1.82) is 0 Å². The van der Waals surface area contributed by atoms with Gasteiger partial charge in [-0.3, -0.25) is 19.9 Å². The predicted molar refractivity (Wildman–Crippen MR) is 126 cm³/mol. The molecule has 11 heteroatoms. The SMILES string of the molecule is FC(F)(F)c1ccc(-c2ncc(N3CC(NCc4cnccn4)C3)nc2-c2ccncc2Cl)cc1. The molecule has 0 atom stereocenters. The number of alkyl halides is 3. The van der Waals surface area contributed by atoms with Crippen LogP contribution in [0.1, 0.15) is 11.3 Å². The fourth-order valence-electron chi connectivity index (χ4n) is 3.78. The van der Waals surface area contributed by atoms with Crippen LogP contribution in [0.15, 0.2) is 67.5 Å². The van der Waals surface area contributed by atoms with Crippen molar-refractivity contribution >= 4 is 17.4 Å². The Bertz CT molecular complexity index is 1310. The van der Waals surface area contributed by atoms with Crippen LogP contribution in [0, 0.1) is 0 Å². The number of halogens is 4. The van der Waals surface area contributed by atoms with E-state index in [1.165, 1.54) is 18.3 Å². The van der Waals surface area contributed by atoms with Gasteiger partial charge < -0.3 is 10.2 Å². The third-order valence-corrected chi connectivity index (χ3v) is 5.97. The zero-order valence-corrected chi connectivity index (χ0v) is 19.0. The molecule has 178 valence electrons. The largest absolute Gasteiger partial charge is 0.416 e. The number of aromatic nitrogens is 5. The monoisotopic (exact) mass is 497 g/mol. The van der Waals surface area contributed by atoms with Gasteiger partial charge in [-0.15, -0.1) is 0 Å². The molecule has 1 fully saturated rings. The minimum atomic E-state index is -4.42. The van der Waals surface area contributed by atoms with Crippen LogP contribution in [-0.2, 0) is 12.7 Å². The van der Waals surface area contributed by atoms with E-state index in [0.717, 1.165) is 30.9 Å². The minimum Gasteiger partial charge on any atom is -0.352 e. The summed E-state index contributed by atoms with van der Waals surface area (Å²) >= 11 is 6.39. The zero-order valence-electron chi connectivity index (χ0n) is 18.2. The molecule has 1 saturated heterocycles. The maximum atomic E-state index is 13.0. The molecule has 7 nitrogen and oxygen atoms in total. The zero-order chi connectivity index (χ0) is 24.4. The second-order valence-corrected chi connectivity index (χ2v) is 8.44. The summed E-state index contributed by atoms with van der Waals surface area (Å²) in [6, 6.07) is 6.81. The number of nitrogens with one attached hydrogen (secondary N) is 1. The Kier molecular flexibility index (Phi) is 6.31. The van der Waals surface area contributed by atoms with Crippen LogP contribution in [0.3, 0.4) is 0 Å². The van der Waals surface area contributed by atoms with E-state index >= 15 is 0 Å². The van der Waals surface area contributed by atoms with Crippen LogP contribution in [0.4, 0.5) is 19.0 Å². The van der Waals surface area contributed by atoms with Crippen LogP contribution in [-0.4, -0.2) is 44.1 Å². The van der Waals surface area contributed by atoms with Gasteiger partial charge in [-0.1, -0.05) is 23.7 Å². The Morgan fingerprint density at radius 3 is 2.37 bits per heavy atom. The molecule has 4 aromatic rings. The second-order valence-electron chi connectivity index (χ2n) is 8.04. The Hall–Kier alpha value is -3.63. The van der Waals surface area contributed by atoms with E-state index < -0.39 is 11.7 Å². The first-order valence-corrected chi connectivity index (χ1v) is 11.1. The molecule has 0 spiro atoms. The van der Waals surface area contributed by atoms with E-state index in [0.29, 0.717) is 39.9 Å². The average Bonchev–Trinajstić information content (AvgIpc) is 2.83. The van der Waals surface area contributed by atoms with Crippen LogP contribution < -0.4 is 10.2 Å². The predicted octanol–water partition coefficient (Wildman–Crippen LogP) is 4.65. The highest BCUT2D eigenvalue weighted by Gasteiger charge is 2.31. The highest BCUT2D eigenvalue weighted by atomic mass is 35.5. The van der Waals surface area contributed by atoms with Crippen molar-refractivity contribution in [2.24, 2.45) is 0 Å². The first-order valence-electron chi connectivity index (χ1n) is 10.8. The van der Waals surface area contributed by atoms with E-state index in [2.05, 4.69) is 30.2 Å². The molecule has 1 aromatic carbocycles. The number of hydrogen-bond donors (Lipinski definition) is 1. The van der Waals surface area contributed by atoms with E-state index in [4.69, 9.17) is 16.6 Å². The standard InChI is InChI=1S/C24H19ClF3N7/c25-20-11-29-6-5-19(20)23-22(15-1-3-16(4-2-15)24(26,27)28)33-12-21(34-23)35-13-18(14-35)32-10-17-9-30-7-8-31-17/h1-9,11-12,18,32H,10,13-14H2. The number of benzene rings is 1. The Morgan fingerprint density at radius 1 is 0.914 bits per heavy atom. The summed E-state index contributed by atoms with van der Waals surface area (Å²) in [5.74, 6) is 0.654. The van der Waals surface area contributed by atoms with Gasteiger partial charge >= 0.3 is 6.18 Å². The van der Waals surface area contributed by atoms with Crippen LogP contribution in [0.5, 0.6) is 0 Å². The lowest BCUT2D eigenvalue weighted by atomic mass is 10.0. The van der Waals surface area contributed by atoms with Crippen molar-refractivity contribution in [3.8, 4) is 22.5 Å². The summed E-state index contributed by atoms with van der Waals surface area (Å²) in [7, 11) is 0. The van der Waals surface area contributed by atoms with E-state index in [1.807, 2.05) is 0 Å². The van der Waals surface area contributed by atoms with Gasteiger partial charge in [0.15, 0.2) is 0 Å². The van der Waals surface area contributed by atoms with Gasteiger partial charge in [0, 0.05) is 67.8 Å². The van der Waals surface area contributed by atoms with Gasteiger partial charge in [-0.25, -0.2) is 4.98 Å². The molecule has 0 saturated carbocycles. The average molecular weight is 498 g/mol. The van der Waals surface area contributed by atoms with Crippen LogP contribution in [0.2, 0.25) is 5.02 Å². The number of pyridine rings is 1. The smallest absolute Gasteiger partial charge is 0.352 e. The molecule has 0 unspecified atom stereocenters. The molecule has 0 radical (unpaired) electrons. The summed E-state index contributed by atoms with van der Waals surface area (Å²) in [5, 5.41) is 3.81. The lowest BCUT2D eigenvalue weighted by Gasteiger charge is -2.40. The molecule has 35 heavy (non-hydrogen) atoms.